The molecule has 2 bridgehead atoms. The zero-order chi connectivity index (χ0) is 11.7. The third-order valence-corrected chi connectivity index (χ3v) is 3.26. The van der Waals surface area contributed by atoms with E-state index in [1.54, 1.807) is 13.2 Å². The van der Waals surface area contributed by atoms with E-state index in [2.05, 4.69) is 15.2 Å². The van der Waals surface area contributed by atoms with Gasteiger partial charge in [-0.2, -0.15) is 0 Å². The molecular formula is C11H16ClN3O3. The SMILES string of the molecule is COc1cc(CO/N=C2\CN3CCC2C3)on1.Cl. The lowest BCUT2D eigenvalue weighted by molar-refractivity contribution is 0.107. The molecule has 0 N–H and O–H groups in total. The monoisotopic (exact) mass is 273 g/mol. The van der Waals surface area contributed by atoms with Crippen LogP contribution in [0.25, 0.3) is 0 Å². The normalized spacial score (nSPS) is 27.3. The number of hydrogen-bond donors (Lipinski definition) is 0. The lowest BCUT2D eigenvalue weighted by Crippen LogP contribution is -2.23. The summed E-state index contributed by atoms with van der Waals surface area (Å²) in [6, 6.07) is 1.70. The first-order valence-electron chi connectivity index (χ1n) is 5.76. The predicted octanol–water partition coefficient (Wildman–Crippen LogP) is 1.31. The number of ether oxygens (including phenoxy) is 1. The highest BCUT2D eigenvalue weighted by Gasteiger charge is 2.35. The van der Waals surface area contributed by atoms with Gasteiger partial charge >= 0.3 is 0 Å². The summed E-state index contributed by atoms with van der Waals surface area (Å²) in [6.07, 6.45) is 1.21. The first kappa shape index (κ1) is 13.2. The summed E-state index contributed by atoms with van der Waals surface area (Å²) < 4.78 is 9.91. The highest BCUT2D eigenvalue weighted by molar-refractivity contribution is 5.91. The molecule has 0 radical (unpaired) electrons. The molecule has 2 aliphatic rings. The molecule has 2 unspecified atom stereocenters. The second-order valence-corrected chi connectivity index (χ2v) is 4.41. The molecule has 0 amide bonds. The maximum Gasteiger partial charge on any atom is 0.254 e. The molecule has 6 nitrogen and oxygen atoms in total. The van der Waals surface area contributed by atoms with E-state index in [4.69, 9.17) is 14.1 Å². The van der Waals surface area contributed by atoms with Crippen LogP contribution in [-0.2, 0) is 11.4 Å². The van der Waals surface area contributed by atoms with E-state index in [1.165, 1.54) is 13.0 Å². The van der Waals surface area contributed by atoms with Gasteiger partial charge in [0, 0.05) is 25.1 Å². The Labute approximate surface area is 111 Å². The second kappa shape index (κ2) is 5.58. The van der Waals surface area contributed by atoms with Gasteiger partial charge in [-0.05, 0) is 18.1 Å². The van der Waals surface area contributed by atoms with Crippen LogP contribution in [0.2, 0.25) is 0 Å². The van der Waals surface area contributed by atoms with Gasteiger partial charge in [-0.1, -0.05) is 5.16 Å². The zero-order valence-corrected chi connectivity index (χ0v) is 11.0. The Morgan fingerprint density at radius 1 is 1.61 bits per heavy atom. The minimum Gasteiger partial charge on any atom is -0.479 e. The van der Waals surface area contributed by atoms with Crippen molar-refractivity contribution in [2.45, 2.75) is 13.0 Å². The van der Waals surface area contributed by atoms with E-state index in [9.17, 15) is 0 Å². The van der Waals surface area contributed by atoms with Crippen molar-refractivity contribution in [3.05, 3.63) is 11.8 Å². The summed E-state index contributed by atoms with van der Waals surface area (Å²) in [4.78, 5) is 7.68. The van der Waals surface area contributed by atoms with Gasteiger partial charge in [0.25, 0.3) is 5.88 Å². The number of oxime groups is 1. The van der Waals surface area contributed by atoms with Crippen molar-refractivity contribution in [3.63, 3.8) is 0 Å². The lowest BCUT2D eigenvalue weighted by Gasteiger charge is -2.12. The average molecular weight is 274 g/mol. The number of piperidine rings is 1. The van der Waals surface area contributed by atoms with Crippen molar-refractivity contribution in [2.75, 3.05) is 26.7 Å². The van der Waals surface area contributed by atoms with Gasteiger partial charge in [0.15, 0.2) is 12.4 Å². The van der Waals surface area contributed by atoms with Gasteiger partial charge in [0.1, 0.15) is 0 Å². The van der Waals surface area contributed by atoms with Crippen LogP contribution in [0.1, 0.15) is 12.2 Å². The van der Waals surface area contributed by atoms with Crippen molar-refractivity contribution in [1.82, 2.24) is 10.1 Å². The Hall–Kier alpha value is -1.27. The van der Waals surface area contributed by atoms with Crippen LogP contribution in [0.3, 0.4) is 0 Å². The Morgan fingerprint density at radius 2 is 2.50 bits per heavy atom. The highest BCUT2D eigenvalue weighted by Crippen LogP contribution is 2.25. The maximum absolute atomic E-state index is 5.29. The van der Waals surface area contributed by atoms with Crippen LogP contribution in [0.15, 0.2) is 15.7 Å². The topological polar surface area (TPSA) is 60.1 Å². The van der Waals surface area contributed by atoms with Crippen molar-refractivity contribution < 1.29 is 14.1 Å². The molecule has 0 aromatic carbocycles. The fraction of sp³-hybridized carbons (Fsp3) is 0.636. The van der Waals surface area contributed by atoms with Gasteiger partial charge in [-0.3, -0.25) is 4.90 Å². The first-order valence-corrected chi connectivity index (χ1v) is 5.76. The van der Waals surface area contributed by atoms with Crippen LogP contribution in [-0.4, -0.2) is 42.5 Å². The molecule has 7 heteroatoms. The fourth-order valence-corrected chi connectivity index (χ4v) is 2.35. The van der Waals surface area contributed by atoms with Crippen molar-refractivity contribution in [3.8, 4) is 5.88 Å². The smallest absolute Gasteiger partial charge is 0.254 e. The largest absolute Gasteiger partial charge is 0.479 e. The summed E-state index contributed by atoms with van der Waals surface area (Å²) in [6.45, 7) is 3.58. The lowest BCUT2D eigenvalue weighted by atomic mass is 10.0. The van der Waals surface area contributed by atoms with E-state index in [0.717, 1.165) is 18.8 Å². The number of halogens is 1. The molecule has 3 heterocycles. The molecular weight excluding hydrogens is 258 g/mol. The van der Waals surface area contributed by atoms with Crippen LogP contribution in [0.5, 0.6) is 5.88 Å². The number of methoxy groups -OCH3 is 1. The van der Waals surface area contributed by atoms with Crippen LogP contribution in [0.4, 0.5) is 0 Å². The van der Waals surface area contributed by atoms with Crippen LogP contribution in [0, 0.1) is 5.92 Å². The maximum atomic E-state index is 5.29. The van der Waals surface area contributed by atoms with Crippen LogP contribution >= 0.6 is 12.4 Å². The molecule has 2 saturated heterocycles. The van der Waals surface area contributed by atoms with Crippen molar-refractivity contribution >= 4 is 18.1 Å². The van der Waals surface area contributed by atoms with Crippen molar-refractivity contribution in [2.24, 2.45) is 11.1 Å². The molecule has 18 heavy (non-hydrogen) atoms. The molecule has 2 aliphatic heterocycles. The number of rotatable bonds is 4. The quantitative estimate of drug-likeness (QED) is 0.774. The number of nitrogens with zero attached hydrogens (tertiary/aromatic N) is 3. The summed E-state index contributed by atoms with van der Waals surface area (Å²) in [7, 11) is 1.55. The van der Waals surface area contributed by atoms with Gasteiger partial charge in [0.05, 0.1) is 12.8 Å². The molecule has 0 saturated carbocycles. The van der Waals surface area contributed by atoms with E-state index in [0.29, 0.717) is 24.2 Å². The zero-order valence-electron chi connectivity index (χ0n) is 10.2. The van der Waals surface area contributed by atoms with Gasteiger partial charge in [-0.15, -0.1) is 12.4 Å². The van der Waals surface area contributed by atoms with Crippen LogP contribution < -0.4 is 4.74 Å². The number of hydrogen-bond acceptors (Lipinski definition) is 6. The number of aromatic nitrogens is 1. The van der Waals surface area contributed by atoms with Gasteiger partial charge in [-0.25, -0.2) is 0 Å². The van der Waals surface area contributed by atoms with Crippen molar-refractivity contribution in [1.29, 1.82) is 0 Å². The molecule has 3 rings (SSSR count). The third kappa shape index (κ3) is 2.59. The first-order chi connectivity index (χ1) is 8.35. The predicted molar refractivity (Wildman–Crippen MR) is 67.1 cm³/mol. The molecule has 0 aliphatic carbocycles. The summed E-state index contributed by atoms with van der Waals surface area (Å²) in [5, 5.41) is 7.87. The summed E-state index contributed by atoms with van der Waals surface area (Å²) >= 11 is 0. The Balaban J connectivity index is 0.00000120. The third-order valence-electron chi connectivity index (χ3n) is 3.26. The number of fused-ring (bicyclic) bond motifs is 2. The molecule has 2 fully saturated rings. The molecule has 0 spiro atoms. The molecule has 1 aromatic heterocycles. The molecule has 100 valence electrons. The van der Waals surface area contributed by atoms with E-state index in [1.807, 2.05) is 0 Å². The van der Waals surface area contributed by atoms with E-state index < -0.39 is 0 Å². The molecule has 2 atom stereocenters. The Morgan fingerprint density at radius 3 is 3.11 bits per heavy atom. The van der Waals surface area contributed by atoms with Gasteiger partial charge < -0.3 is 14.1 Å². The minimum absolute atomic E-state index is 0. The van der Waals surface area contributed by atoms with Gasteiger partial charge in [0.2, 0.25) is 0 Å². The Kier molecular flexibility index (Phi) is 4.08. The van der Waals surface area contributed by atoms with E-state index in [-0.39, 0.29) is 12.4 Å². The highest BCUT2D eigenvalue weighted by atomic mass is 35.5. The standard InChI is InChI=1S/C11H15N3O3.ClH/c1-15-11-4-9(17-13-11)7-16-12-10-6-14-3-2-8(10)5-14;/h4,8H,2-3,5-7H2,1H3;1H/b12-10+;. The van der Waals surface area contributed by atoms with E-state index >= 15 is 0 Å². The fourth-order valence-electron chi connectivity index (χ4n) is 2.35. The molecule has 1 aromatic rings. The Bertz CT molecular complexity index is 435. The summed E-state index contributed by atoms with van der Waals surface area (Å²) in [5.74, 6) is 1.68. The second-order valence-electron chi connectivity index (χ2n) is 4.41. The average Bonchev–Trinajstić information content (AvgIpc) is 3.04. The summed E-state index contributed by atoms with van der Waals surface area (Å²) in [5.41, 5.74) is 1.16. The minimum atomic E-state index is 0.